The van der Waals surface area contributed by atoms with E-state index in [-0.39, 0.29) is 10.6 Å². The van der Waals surface area contributed by atoms with Crippen LogP contribution in [0.2, 0.25) is 0 Å². The van der Waals surface area contributed by atoms with Crippen LogP contribution in [-0.2, 0) is 4.79 Å². The molecule has 4 nitrogen and oxygen atoms in total. The maximum absolute atomic E-state index is 13.9. The van der Waals surface area contributed by atoms with Crippen molar-refractivity contribution in [3.05, 3.63) is 77.5 Å². The molecular formula is C19H14FNO3S. The van der Waals surface area contributed by atoms with E-state index in [0.717, 1.165) is 16.7 Å². The number of carbonyl (C=O) groups excluding carboxylic acids is 2. The van der Waals surface area contributed by atoms with Gasteiger partial charge in [-0.25, -0.2) is 9.29 Å². The minimum absolute atomic E-state index is 0.0513. The number of ether oxygens (including phenoxy) is 1. The molecule has 1 saturated heterocycles. The van der Waals surface area contributed by atoms with Crippen LogP contribution < -0.4 is 9.64 Å². The second kappa shape index (κ2) is 7.36. The molecule has 25 heavy (non-hydrogen) atoms. The molecule has 0 atom stereocenters. The predicted molar refractivity (Wildman–Crippen MR) is 97.0 cm³/mol. The van der Waals surface area contributed by atoms with E-state index in [1.807, 2.05) is 0 Å². The molecule has 0 aromatic heterocycles. The van der Waals surface area contributed by atoms with Crippen molar-refractivity contribution in [1.82, 2.24) is 0 Å². The van der Waals surface area contributed by atoms with E-state index in [4.69, 9.17) is 4.74 Å². The summed E-state index contributed by atoms with van der Waals surface area (Å²) in [5.74, 6) is -0.612. The monoisotopic (exact) mass is 355 g/mol. The molecule has 0 N–H and O–H groups in total. The lowest BCUT2D eigenvalue weighted by atomic mass is 10.2. The van der Waals surface area contributed by atoms with Gasteiger partial charge in [0.05, 0.1) is 10.6 Å². The number of hydrogen-bond donors (Lipinski definition) is 0. The summed E-state index contributed by atoms with van der Waals surface area (Å²) in [5.41, 5.74) is 0.605. The van der Waals surface area contributed by atoms with E-state index in [1.54, 1.807) is 42.5 Å². The largest absolute Gasteiger partial charge is 0.489 e. The molecule has 3 rings (SSSR count). The molecule has 2 amide bonds. The zero-order valence-electron chi connectivity index (χ0n) is 13.1. The molecule has 2 aromatic carbocycles. The first kappa shape index (κ1) is 17.0. The number of benzene rings is 2. The van der Waals surface area contributed by atoms with E-state index in [1.165, 1.54) is 18.2 Å². The number of para-hydroxylation sites is 2. The topological polar surface area (TPSA) is 46.6 Å². The number of hydrogen-bond acceptors (Lipinski definition) is 4. The van der Waals surface area contributed by atoms with Gasteiger partial charge in [-0.15, -0.1) is 0 Å². The first-order valence-corrected chi connectivity index (χ1v) is 8.28. The summed E-state index contributed by atoms with van der Waals surface area (Å²) >= 11 is 0.769. The van der Waals surface area contributed by atoms with Gasteiger partial charge in [-0.3, -0.25) is 9.59 Å². The maximum atomic E-state index is 13.9. The van der Waals surface area contributed by atoms with Gasteiger partial charge in [-0.2, -0.15) is 0 Å². The normalized spacial score (nSPS) is 15.7. The summed E-state index contributed by atoms with van der Waals surface area (Å²) in [6.07, 6.45) is 3.19. The number of thioether (sulfide) groups is 1. The zero-order valence-corrected chi connectivity index (χ0v) is 14.0. The minimum Gasteiger partial charge on any atom is -0.489 e. The van der Waals surface area contributed by atoms with Gasteiger partial charge in [0.25, 0.3) is 11.1 Å². The summed E-state index contributed by atoms with van der Waals surface area (Å²) in [7, 11) is 0. The van der Waals surface area contributed by atoms with E-state index in [0.29, 0.717) is 17.9 Å². The number of halogens is 1. The Bertz CT molecular complexity index is 878. The lowest BCUT2D eigenvalue weighted by molar-refractivity contribution is -0.113. The summed E-state index contributed by atoms with van der Waals surface area (Å²) < 4.78 is 19.5. The van der Waals surface area contributed by atoms with Crippen molar-refractivity contribution in [1.29, 1.82) is 0 Å². The fraction of sp³-hybridized carbons (Fsp3) is 0.0526. The molecular weight excluding hydrogens is 341 g/mol. The summed E-state index contributed by atoms with van der Waals surface area (Å²) in [6.45, 7) is 3.92. The average molecular weight is 355 g/mol. The van der Waals surface area contributed by atoms with Gasteiger partial charge < -0.3 is 4.74 Å². The smallest absolute Gasteiger partial charge is 0.298 e. The summed E-state index contributed by atoms with van der Waals surface area (Å²) in [4.78, 5) is 25.9. The van der Waals surface area contributed by atoms with E-state index >= 15 is 0 Å². The molecule has 0 spiro atoms. The Kier molecular flexibility index (Phi) is 5.00. The first-order chi connectivity index (χ1) is 12.1. The van der Waals surface area contributed by atoms with Crippen molar-refractivity contribution >= 4 is 34.7 Å². The van der Waals surface area contributed by atoms with Crippen molar-refractivity contribution in [3.8, 4) is 5.75 Å². The van der Waals surface area contributed by atoms with Gasteiger partial charge in [-0.1, -0.05) is 43.0 Å². The Hall–Kier alpha value is -2.86. The standard InChI is InChI=1S/C19H14FNO3S/c1-2-11-24-16-10-6-3-7-13(16)12-17-18(22)21(19(23)25-17)15-9-5-4-8-14(15)20/h2-10,12H,1,11H2/b17-12-. The Labute approximate surface area is 148 Å². The second-order valence-corrected chi connectivity index (χ2v) is 6.10. The van der Waals surface area contributed by atoms with Crippen LogP contribution in [0, 0.1) is 5.82 Å². The lowest BCUT2D eigenvalue weighted by Crippen LogP contribution is -2.28. The van der Waals surface area contributed by atoms with Crippen LogP contribution in [0.25, 0.3) is 6.08 Å². The maximum Gasteiger partial charge on any atom is 0.298 e. The molecule has 0 bridgehead atoms. The highest BCUT2D eigenvalue weighted by atomic mass is 32.2. The zero-order chi connectivity index (χ0) is 17.8. The molecule has 126 valence electrons. The molecule has 0 aliphatic carbocycles. The average Bonchev–Trinajstić information content (AvgIpc) is 2.88. The number of nitrogens with zero attached hydrogens (tertiary/aromatic N) is 1. The Morgan fingerprint density at radius 1 is 1.12 bits per heavy atom. The predicted octanol–water partition coefficient (Wildman–Crippen LogP) is 4.63. The number of anilines is 1. The van der Waals surface area contributed by atoms with Crippen LogP contribution in [0.4, 0.5) is 14.9 Å². The van der Waals surface area contributed by atoms with Gasteiger partial charge in [-0.05, 0) is 36.0 Å². The third-order valence-electron chi connectivity index (χ3n) is 3.45. The highest BCUT2D eigenvalue weighted by Crippen LogP contribution is 2.37. The summed E-state index contributed by atoms with van der Waals surface area (Å²) in [6, 6.07) is 12.8. The van der Waals surface area contributed by atoms with Gasteiger partial charge in [0.15, 0.2) is 0 Å². The molecule has 0 saturated carbocycles. The highest BCUT2D eigenvalue weighted by molar-refractivity contribution is 8.19. The Balaban J connectivity index is 1.94. The van der Waals surface area contributed by atoms with Gasteiger partial charge in [0.2, 0.25) is 0 Å². The molecule has 2 aromatic rings. The van der Waals surface area contributed by atoms with Crippen LogP contribution in [0.15, 0.2) is 66.1 Å². The SMILES string of the molecule is C=CCOc1ccccc1/C=C1\SC(=O)N(c2ccccc2F)C1=O. The lowest BCUT2D eigenvalue weighted by Gasteiger charge is -2.13. The van der Waals surface area contributed by atoms with E-state index in [9.17, 15) is 14.0 Å². The third-order valence-corrected chi connectivity index (χ3v) is 4.32. The van der Waals surface area contributed by atoms with E-state index in [2.05, 4.69) is 6.58 Å². The molecule has 6 heteroatoms. The van der Waals surface area contributed by atoms with Crippen LogP contribution in [0.5, 0.6) is 5.75 Å². The number of rotatable bonds is 5. The molecule has 1 aliphatic heterocycles. The highest BCUT2D eigenvalue weighted by Gasteiger charge is 2.37. The Morgan fingerprint density at radius 3 is 2.60 bits per heavy atom. The Morgan fingerprint density at radius 2 is 1.84 bits per heavy atom. The minimum atomic E-state index is -0.624. The van der Waals surface area contributed by atoms with Crippen LogP contribution >= 0.6 is 11.8 Å². The fourth-order valence-corrected chi connectivity index (χ4v) is 3.15. The third kappa shape index (κ3) is 3.49. The fourth-order valence-electron chi connectivity index (χ4n) is 2.33. The van der Waals surface area contributed by atoms with Crippen molar-refractivity contribution in [2.24, 2.45) is 0 Å². The second-order valence-electron chi connectivity index (χ2n) is 5.11. The van der Waals surface area contributed by atoms with Crippen LogP contribution in [0.3, 0.4) is 0 Å². The number of amides is 2. The first-order valence-electron chi connectivity index (χ1n) is 7.47. The van der Waals surface area contributed by atoms with Crippen molar-refractivity contribution in [2.75, 3.05) is 11.5 Å². The molecule has 0 unspecified atom stereocenters. The van der Waals surface area contributed by atoms with Gasteiger partial charge >= 0.3 is 0 Å². The quantitative estimate of drug-likeness (QED) is 0.579. The van der Waals surface area contributed by atoms with Crippen LogP contribution in [0.1, 0.15) is 5.56 Å². The molecule has 1 aliphatic rings. The molecule has 1 heterocycles. The molecule has 0 radical (unpaired) electrons. The van der Waals surface area contributed by atoms with Crippen molar-refractivity contribution in [3.63, 3.8) is 0 Å². The molecule has 1 fully saturated rings. The van der Waals surface area contributed by atoms with Gasteiger partial charge in [0, 0.05) is 5.56 Å². The van der Waals surface area contributed by atoms with Crippen molar-refractivity contribution in [2.45, 2.75) is 0 Å². The van der Waals surface area contributed by atoms with Crippen LogP contribution in [-0.4, -0.2) is 17.8 Å². The van der Waals surface area contributed by atoms with Gasteiger partial charge in [0.1, 0.15) is 18.2 Å². The van der Waals surface area contributed by atoms with E-state index < -0.39 is 17.0 Å². The number of carbonyl (C=O) groups is 2. The van der Waals surface area contributed by atoms with Crippen molar-refractivity contribution < 1.29 is 18.7 Å². The summed E-state index contributed by atoms with van der Waals surface area (Å²) in [5, 5.41) is -0.536. The number of imide groups is 1.